The Morgan fingerprint density at radius 2 is 1.62 bits per heavy atom. The molecular formula is C16H16N4O. The highest BCUT2D eigenvalue weighted by atomic mass is 16.5. The van der Waals surface area contributed by atoms with Crippen LogP contribution in [0.2, 0.25) is 0 Å². The predicted molar refractivity (Wildman–Crippen MR) is 79.0 cm³/mol. The second kappa shape index (κ2) is 5.94. The van der Waals surface area contributed by atoms with Crippen LogP contribution in [0, 0.1) is 17.2 Å². The molecule has 2 aromatic rings. The van der Waals surface area contributed by atoms with Gasteiger partial charge in [-0.05, 0) is 29.8 Å². The molecule has 1 fully saturated rings. The van der Waals surface area contributed by atoms with Crippen molar-refractivity contribution in [3.8, 4) is 17.6 Å². The van der Waals surface area contributed by atoms with Gasteiger partial charge in [0.2, 0.25) is 0 Å². The van der Waals surface area contributed by atoms with Crippen molar-refractivity contribution < 1.29 is 4.74 Å². The number of nitriles is 1. The second-order valence-electron chi connectivity index (χ2n) is 4.93. The molecule has 3 rings (SSSR count). The number of nitrogens with one attached hydrogen (secondary N) is 2. The molecule has 5 heteroatoms. The van der Waals surface area contributed by atoms with Gasteiger partial charge in [0.05, 0.1) is 24.2 Å². The summed E-state index contributed by atoms with van der Waals surface area (Å²) in [4.78, 5) is 0. The third-order valence-electron chi connectivity index (χ3n) is 3.52. The van der Waals surface area contributed by atoms with Gasteiger partial charge in [0.15, 0.2) is 0 Å². The first-order valence-electron chi connectivity index (χ1n) is 6.77. The molecule has 2 aromatic carbocycles. The van der Waals surface area contributed by atoms with Crippen LogP contribution in [0.15, 0.2) is 54.6 Å². The molecule has 0 aromatic heterocycles. The number of hydrazine groups is 1. The van der Waals surface area contributed by atoms with Crippen LogP contribution in [0.25, 0.3) is 0 Å². The predicted octanol–water partition coefficient (Wildman–Crippen LogP) is 2.05. The van der Waals surface area contributed by atoms with Crippen LogP contribution in [0.3, 0.4) is 0 Å². The second-order valence-corrected chi connectivity index (χ2v) is 4.93. The molecule has 1 aliphatic heterocycles. The molecule has 0 bridgehead atoms. The number of nitrogens with two attached hydrogens (primary N) is 1. The van der Waals surface area contributed by atoms with Crippen LogP contribution in [-0.2, 0) is 0 Å². The molecular weight excluding hydrogens is 264 g/mol. The van der Waals surface area contributed by atoms with E-state index in [-0.39, 0.29) is 18.1 Å². The lowest BCUT2D eigenvalue weighted by atomic mass is 9.94. The third kappa shape index (κ3) is 2.88. The Morgan fingerprint density at radius 1 is 0.952 bits per heavy atom. The van der Waals surface area contributed by atoms with E-state index in [1.165, 1.54) is 0 Å². The fourth-order valence-corrected chi connectivity index (χ4v) is 2.39. The third-order valence-corrected chi connectivity index (χ3v) is 3.52. The topological polar surface area (TPSA) is 83.1 Å². The van der Waals surface area contributed by atoms with E-state index < -0.39 is 0 Å². The van der Waals surface area contributed by atoms with Gasteiger partial charge in [0.1, 0.15) is 11.5 Å². The SMILES string of the molecule is N#CC1C(N)NNC1c1ccc(Oc2ccccc2)cc1. The van der Waals surface area contributed by atoms with Gasteiger partial charge in [-0.25, -0.2) is 10.9 Å². The van der Waals surface area contributed by atoms with Crippen LogP contribution < -0.4 is 21.3 Å². The van der Waals surface area contributed by atoms with E-state index in [0.29, 0.717) is 0 Å². The highest BCUT2D eigenvalue weighted by molar-refractivity contribution is 5.35. The summed E-state index contributed by atoms with van der Waals surface area (Å²) < 4.78 is 5.74. The zero-order valence-corrected chi connectivity index (χ0v) is 11.4. The highest BCUT2D eigenvalue weighted by Gasteiger charge is 2.34. The van der Waals surface area contributed by atoms with E-state index in [4.69, 9.17) is 10.5 Å². The number of benzene rings is 2. The van der Waals surface area contributed by atoms with Gasteiger partial charge < -0.3 is 10.5 Å². The van der Waals surface area contributed by atoms with E-state index >= 15 is 0 Å². The van der Waals surface area contributed by atoms with Gasteiger partial charge in [-0.1, -0.05) is 30.3 Å². The molecule has 0 aliphatic carbocycles. The molecule has 5 nitrogen and oxygen atoms in total. The smallest absolute Gasteiger partial charge is 0.127 e. The number of ether oxygens (including phenoxy) is 1. The van der Waals surface area contributed by atoms with Crippen molar-refractivity contribution in [1.29, 1.82) is 5.26 Å². The first kappa shape index (κ1) is 13.6. The van der Waals surface area contributed by atoms with Gasteiger partial charge in [0.25, 0.3) is 0 Å². The maximum absolute atomic E-state index is 9.18. The molecule has 21 heavy (non-hydrogen) atoms. The summed E-state index contributed by atoms with van der Waals surface area (Å²) in [6.45, 7) is 0. The summed E-state index contributed by atoms with van der Waals surface area (Å²) in [5, 5.41) is 9.18. The molecule has 0 saturated carbocycles. The first-order valence-corrected chi connectivity index (χ1v) is 6.77. The molecule has 4 N–H and O–H groups in total. The van der Waals surface area contributed by atoms with E-state index in [1.54, 1.807) is 0 Å². The zero-order valence-electron chi connectivity index (χ0n) is 11.4. The standard InChI is InChI=1S/C16H16N4O/c17-10-14-15(19-20-16(14)18)11-6-8-13(9-7-11)21-12-4-2-1-3-5-12/h1-9,14-16,19-20H,18H2. The Labute approximate surface area is 123 Å². The number of hydrogen-bond acceptors (Lipinski definition) is 5. The maximum atomic E-state index is 9.18. The summed E-state index contributed by atoms with van der Waals surface area (Å²) in [6.07, 6.45) is -0.361. The molecule has 3 atom stereocenters. The summed E-state index contributed by atoms with van der Waals surface area (Å²) >= 11 is 0. The first-order chi connectivity index (χ1) is 10.3. The van der Waals surface area contributed by atoms with Crippen LogP contribution in [-0.4, -0.2) is 6.17 Å². The normalized spacial score (nSPS) is 24.5. The number of rotatable bonds is 3. The Morgan fingerprint density at radius 3 is 2.29 bits per heavy atom. The van der Waals surface area contributed by atoms with Crippen LogP contribution >= 0.6 is 0 Å². The van der Waals surface area contributed by atoms with Crippen molar-refractivity contribution >= 4 is 0 Å². The number of nitrogens with zero attached hydrogens (tertiary/aromatic N) is 1. The fraction of sp³-hybridized carbons (Fsp3) is 0.188. The Balaban J connectivity index is 1.74. The minimum absolute atomic E-state index is 0.115. The van der Waals surface area contributed by atoms with Gasteiger partial charge >= 0.3 is 0 Å². The molecule has 0 spiro atoms. The molecule has 106 valence electrons. The van der Waals surface area contributed by atoms with Crippen molar-refractivity contribution in [2.75, 3.05) is 0 Å². The van der Waals surface area contributed by atoms with E-state index in [2.05, 4.69) is 16.9 Å². The molecule has 0 radical (unpaired) electrons. The van der Waals surface area contributed by atoms with Crippen LogP contribution in [0.1, 0.15) is 11.6 Å². The van der Waals surface area contributed by atoms with Crippen LogP contribution in [0.4, 0.5) is 0 Å². The quantitative estimate of drug-likeness (QED) is 0.801. The largest absolute Gasteiger partial charge is 0.457 e. The molecule has 1 heterocycles. The zero-order chi connectivity index (χ0) is 14.7. The summed E-state index contributed by atoms with van der Waals surface area (Å²) in [6, 6.07) is 19.4. The van der Waals surface area contributed by atoms with Crippen molar-refractivity contribution in [3.05, 3.63) is 60.2 Å². The minimum Gasteiger partial charge on any atom is -0.457 e. The Hall–Kier alpha value is -2.39. The Kier molecular flexibility index (Phi) is 3.84. The fourth-order valence-electron chi connectivity index (χ4n) is 2.39. The lowest BCUT2D eigenvalue weighted by Gasteiger charge is -2.14. The van der Waals surface area contributed by atoms with Crippen molar-refractivity contribution in [2.24, 2.45) is 11.7 Å². The highest BCUT2D eigenvalue weighted by Crippen LogP contribution is 2.29. The number of hydrogen-bond donors (Lipinski definition) is 3. The maximum Gasteiger partial charge on any atom is 0.127 e. The van der Waals surface area contributed by atoms with Crippen molar-refractivity contribution in [1.82, 2.24) is 10.9 Å². The van der Waals surface area contributed by atoms with E-state index in [9.17, 15) is 5.26 Å². The summed E-state index contributed by atoms with van der Waals surface area (Å²) in [5.41, 5.74) is 12.8. The van der Waals surface area contributed by atoms with Crippen LogP contribution in [0.5, 0.6) is 11.5 Å². The van der Waals surface area contributed by atoms with E-state index in [1.807, 2.05) is 54.6 Å². The average molecular weight is 280 g/mol. The van der Waals surface area contributed by atoms with Gasteiger partial charge in [0, 0.05) is 0 Å². The molecule has 1 saturated heterocycles. The van der Waals surface area contributed by atoms with Gasteiger partial charge in [-0.2, -0.15) is 5.26 Å². The summed E-state index contributed by atoms with van der Waals surface area (Å²) in [7, 11) is 0. The van der Waals surface area contributed by atoms with Crippen molar-refractivity contribution in [3.63, 3.8) is 0 Å². The monoisotopic (exact) mass is 280 g/mol. The molecule has 3 unspecified atom stereocenters. The number of para-hydroxylation sites is 1. The van der Waals surface area contributed by atoms with Gasteiger partial charge in [-0.3, -0.25) is 0 Å². The molecule has 0 amide bonds. The van der Waals surface area contributed by atoms with Gasteiger partial charge in [-0.15, -0.1) is 0 Å². The Bertz CT molecular complexity index is 636. The lowest BCUT2D eigenvalue weighted by molar-refractivity contribution is 0.481. The van der Waals surface area contributed by atoms with Crippen molar-refractivity contribution in [2.45, 2.75) is 12.2 Å². The molecule has 1 aliphatic rings. The lowest BCUT2D eigenvalue weighted by Crippen LogP contribution is -2.38. The van der Waals surface area contributed by atoms with E-state index in [0.717, 1.165) is 17.1 Å². The average Bonchev–Trinajstić information content (AvgIpc) is 2.90. The summed E-state index contributed by atoms with van der Waals surface area (Å²) in [5.74, 6) is 1.25. The minimum atomic E-state index is -0.361.